The van der Waals surface area contributed by atoms with Gasteiger partial charge < -0.3 is 10.5 Å². The van der Waals surface area contributed by atoms with Crippen molar-refractivity contribution in [3.63, 3.8) is 0 Å². The van der Waals surface area contributed by atoms with Crippen LogP contribution in [-0.2, 0) is 14.9 Å². The molecule has 1 aromatic heterocycles. The van der Waals surface area contributed by atoms with Gasteiger partial charge in [-0.25, -0.2) is 9.48 Å². The van der Waals surface area contributed by atoms with E-state index in [1.807, 2.05) is 0 Å². The Morgan fingerprint density at radius 2 is 1.76 bits per heavy atom. The van der Waals surface area contributed by atoms with Crippen molar-refractivity contribution in [1.29, 1.82) is 5.26 Å². The maximum atomic E-state index is 13.4. The second-order valence-corrected chi connectivity index (χ2v) is 13.3. The highest BCUT2D eigenvalue weighted by Gasteiger charge is 2.74. The minimum Gasteiger partial charge on any atom is -0.449 e. The predicted molar refractivity (Wildman–Crippen MR) is 127 cm³/mol. The number of primary amides is 1. The van der Waals surface area contributed by atoms with Crippen LogP contribution in [0.1, 0.15) is 30.5 Å². The first-order valence-electron chi connectivity index (χ1n) is 10.1. The van der Waals surface area contributed by atoms with Gasteiger partial charge in [0.05, 0.1) is 22.2 Å². The molecule has 2 aliphatic carbocycles. The quantitative estimate of drug-likeness (QED) is 0.253. The van der Waals surface area contributed by atoms with Gasteiger partial charge in [-0.3, -0.25) is 10.1 Å². The van der Waals surface area contributed by atoms with Gasteiger partial charge in [0.15, 0.2) is 5.69 Å². The fourth-order valence-corrected chi connectivity index (χ4v) is 5.94. The topological polar surface area (TPSA) is 123 Å². The largest absolute Gasteiger partial charge is 0.449 e. The average Bonchev–Trinajstić information content (AvgIpc) is 3.62. The molecule has 1 heterocycles. The zero-order chi connectivity index (χ0) is 27.8. The summed E-state index contributed by atoms with van der Waals surface area (Å²) in [5.41, 5.74) is 1.94. The summed E-state index contributed by atoms with van der Waals surface area (Å²) in [6.07, 6.45) is 0.217. The van der Waals surface area contributed by atoms with Crippen molar-refractivity contribution >= 4 is 74.4 Å². The van der Waals surface area contributed by atoms with Crippen LogP contribution >= 0.6 is 56.6 Å². The molecular formula is C19H14Cl4F5N5O3S. The standard InChI is InChI=1S/C19H14Cl4F5N5O3S/c20-10-3-9(37(24,25,26,27)28)4-11(21)14(10)33-15(31-17(35)36-6-8-1-2-8)13(12(5-29)32-33)18(16(30)34)7-19(18,22)23/h3-4,8H,1-2,6-7H2,(H2,30,34)(H,31,35). The number of halogens is 9. The Kier molecular flexibility index (Phi) is 5.96. The van der Waals surface area contributed by atoms with Crippen molar-refractivity contribution in [2.45, 2.75) is 33.9 Å². The molecule has 1 unspecified atom stereocenters. The van der Waals surface area contributed by atoms with Crippen molar-refractivity contribution < 1.29 is 33.8 Å². The lowest BCUT2D eigenvalue weighted by atomic mass is 9.94. The number of carbonyl (C=O) groups excluding carboxylic acids is 2. The molecule has 0 saturated heterocycles. The average molecular weight is 629 g/mol. The zero-order valence-corrected chi connectivity index (χ0v) is 21.9. The third-order valence-electron chi connectivity index (χ3n) is 5.84. The van der Waals surface area contributed by atoms with E-state index in [2.05, 4.69) is 10.4 Å². The van der Waals surface area contributed by atoms with Crippen LogP contribution < -0.4 is 11.1 Å². The van der Waals surface area contributed by atoms with Crippen molar-refractivity contribution in [2.24, 2.45) is 11.7 Å². The van der Waals surface area contributed by atoms with Crippen molar-refractivity contribution in [3.8, 4) is 11.8 Å². The van der Waals surface area contributed by atoms with Gasteiger partial charge in [-0.15, -0.1) is 23.2 Å². The van der Waals surface area contributed by atoms with Crippen molar-refractivity contribution in [2.75, 3.05) is 11.9 Å². The molecule has 2 aliphatic rings. The second-order valence-electron chi connectivity index (χ2n) is 8.62. The molecule has 202 valence electrons. The van der Waals surface area contributed by atoms with Crippen LogP contribution in [0.15, 0.2) is 17.0 Å². The van der Waals surface area contributed by atoms with Gasteiger partial charge in [0.1, 0.15) is 32.2 Å². The maximum Gasteiger partial charge on any atom is 0.412 e. The Morgan fingerprint density at radius 3 is 2.16 bits per heavy atom. The number of benzene rings is 1. The molecule has 1 aromatic carbocycles. The molecule has 3 N–H and O–H groups in total. The summed E-state index contributed by atoms with van der Waals surface area (Å²) < 4.78 is 70.7. The molecule has 2 saturated carbocycles. The number of nitriles is 1. The smallest absolute Gasteiger partial charge is 0.412 e. The van der Waals surface area contributed by atoms with Gasteiger partial charge in [-0.1, -0.05) is 42.6 Å². The molecule has 0 bridgehead atoms. The van der Waals surface area contributed by atoms with Crippen LogP contribution in [-0.4, -0.2) is 32.7 Å². The minimum absolute atomic E-state index is 0.0242. The Labute approximate surface area is 225 Å². The number of anilines is 1. The Bertz CT molecular complexity index is 1390. The summed E-state index contributed by atoms with van der Waals surface area (Å²) in [6.45, 7) is 0.0242. The fraction of sp³-hybridized carbons (Fsp3) is 0.368. The SMILES string of the molecule is N#Cc1nn(-c2c(Cl)cc(S(F)(F)(F)(F)F)cc2Cl)c(NC(=O)OCC2CC2)c1C1(C(N)=O)CC1(Cl)Cl. The van der Waals surface area contributed by atoms with Gasteiger partial charge in [-0.05, 0) is 30.9 Å². The fourth-order valence-electron chi connectivity index (χ4n) is 3.71. The molecular weight excluding hydrogens is 615 g/mol. The number of amides is 2. The Morgan fingerprint density at radius 1 is 1.22 bits per heavy atom. The lowest BCUT2D eigenvalue weighted by Crippen LogP contribution is -2.35. The molecule has 8 nitrogen and oxygen atoms in total. The number of carbonyl (C=O) groups is 2. The van der Waals surface area contributed by atoms with Crippen LogP contribution in [0.2, 0.25) is 10.0 Å². The van der Waals surface area contributed by atoms with Gasteiger partial charge >= 0.3 is 16.3 Å². The number of hydrogen-bond donors (Lipinski definition) is 2. The highest BCUT2D eigenvalue weighted by atomic mass is 35.5. The first-order chi connectivity index (χ1) is 16.7. The van der Waals surface area contributed by atoms with Crippen LogP contribution in [0.3, 0.4) is 0 Å². The third-order valence-corrected chi connectivity index (χ3v) is 8.46. The molecule has 37 heavy (non-hydrogen) atoms. The van der Waals surface area contributed by atoms with Crippen LogP contribution in [0.5, 0.6) is 0 Å². The number of nitrogens with zero attached hydrogens (tertiary/aromatic N) is 3. The van der Waals surface area contributed by atoms with Crippen molar-refractivity contribution in [3.05, 3.63) is 33.4 Å². The van der Waals surface area contributed by atoms with E-state index in [4.69, 9.17) is 56.9 Å². The summed E-state index contributed by atoms with van der Waals surface area (Å²) in [7, 11) is -10.2. The summed E-state index contributed by atoms with van der Waals surface area (Å²) >= 11 is 24.2. The number of hydrogen-bond acceptors (Lipinski definition) is 5. The summed E-state index contributed by atoms with van der Waals surface area (Å²) in [5.74, 6) is -1.52. The molecule has 2 aromatic rings. The van der Waals surface area contributed by atoms with E-state index in [9.17, 15) is 34.3 Å². The summed E-state index contributed by atoms with van der Waals surface area (Å²) in [4.78, 5) is 22.6. The summed E-state index contributed by atoms with van der Waals surface area (Å²) in [6, 6.07) is 1.49. The van der Waals surface area contributed by atoms with Crippen LogP contribution in [0.25, 0.3) is 5.69 Å². The van der Waals surface area contributed by atoms with E-state index < -0.39 is 64.1 Å². The number of alkyl halides is 2. The molecule has 18 heteroatoms. The highest BCUT2D eigenvalue weighted by molar-refractivity contribution is 8.45. The maximum absolute atomic E-state index is 13.4. The van der Waals surface area contributed by atoms with Crippen LogP contribution in [0, 0.1) is 17.2 Å². The monoisotopic (exact) mass is 627 g/mol. The van der Waals surface area contributed by atoms with Crippen LogP contribution in [0.4, 0.5) is 30.0 Å². The van der Waals surface area contributed by atoms with E-state index in [1.165, 1.54) is 0 Å². The summed E-state index contributed by atoms with van der Waals surface area (Å²) in [5, 5.41) is 13.9. The van der Waals surface area contributed by atoms with E-state index in [1.54, 1.807) is 6.07 Å². The zero-order valence-electron chi connectivity index (χ0n) is 18.0. The van der Waals surface area contributed by atoms with Gasteiger partial charge in [-0.2, -0.15) is 10.4 Å². The Balaban J connectivity index is 1.94. The third kappa shape index (κ3) is 4.99. The van der Waals surface area contributed by atoms with E-state index >= 15 is 0 Å². The predicted octanol–water partition coefficient (Wildman–Crippen LogP) is 6.97. The molecule has 0 spiro atoms. The number of nitrogens with one attached hydrogen (secondary N) is 1. The number of nitrogens with two attached hydrogens (primary N) is 1. The molecule has 1 atom stereocenters. The lowest BCUT2D eigenvalue weighted by Gasteiger charge is -2.40. The first kappa shape index (κ1) is 27.8. The number of rotatable bonds is 7. The Hall–Kier alpha value is -2.18. The first-order valence-corrected chi connectivity index (χ1v) is 13.6. The molecule has 0 radical (unpaired) electrons. The molecule has 2 amide bonds. The van der Waals surface area contributed by atoms with Gasteiger partial charge in [0.2, 0.25) is 5.91 Å². The molecule has 2 fully saturated rings. The molecule has 0 aliphatic heterocycles. The van der Waals surface area contributed by atoms with Gasteiger partial charge in [0.25, 0.3) is 0 Å². The second kappa shape index (κ2) is 7.92. The number of aromatic nitrogens is 2. The highest BCUT2D eigenvalue weighted by Crippen LogP contribution is 3.02. The minimum atomic E-state index is -10.2. The number of ether oxygens (including phenoxy) is 1. The lowest BCUT2D eigenvalue weighted by molar-refractivity contribution is -0.120. The molecule has 4 rings (SSSR count). The van der Waals surface area contributed by atoms with E-state index in [-0.39, 0.29) is 36.6 Å². The van der Waals surface area contributed by atoms with Gasteiger partial charge in [0, 0.05) is 6.42 Å². The normalized spacial score (nSPS) is 22.4. The van der Waals surface area contributed by atoms with E-state index in [0.29, 0.717) is 4.68 Å². The van der Waals surface area contributed by atoms with Crippen molar-refractivity contribution in [1.82, 2.24) is 9.78 Å². The van der Waals surface area contributed by atoms with E-state index in [0.717, 1.165) is 12.8 Å².